The Kier molecular flexibility index (Phi) is 4.11. The summed E-state index contributed by atoms with van der Waals surface area (Å²) in [5.74, 6) is -0.363. The molecule has 0 fully saturated rings. The Morgan fingerprint density at radius 2 is 2.62 bits per heavy atom. The van der Waals surface area contributed by atoms with Crippen LogP contribution >= 0.6 is 27.3 Å². The summed E-state index contributed by atoms with van der Waals surface area (Å²) in [6, 6.07) is 0. The zero-order valence-corrected chi connectivity index (χ0v) is 9.39. The van der Waals surface area contributed by atoms with Crippen LogP contribution in [-0.2, 0) is 9.53 Å². The van der Waals surface area contributed by atoms with Crippen molar-refractivity contribution in [3.05, 3.63) is 21.1 Å². The second-order valence-electron chi connectivity index (χ2n) is 2.08. The van der Waals surface area contributed by atoms with Crippen molar-refractivity contribution in [2.75, 3.05) is 6.61 Å². The van der Waals surface area contributed by atoms with Gasteiger partial charge in [0.25, 0.3) is 0 Å². The fraction of sp³-hybridized carbons (Fsp3) is 0.250. The number of hydrogen-bond donors (Lipinski definition) is 0. The average molecular weight is 262 g/mol. The van der Waals surface area contributed by atoms with Crippen molar-refractivity contribution in [2.24, 2.45) is 0 Å². The van der Waals surface area contributed by atoms with Crippen molar-refractivity contribution < 1.29 is 9.53 Å². The molecule has 70 valence electrons. The molecule has 1 heterocycles. The van der Waals surface area contributed by atoms with Gasteiger partial charge in [0.15, 0.2) is 0 Å². The van der Waals surface area contributed by atoms with E-state index in [1.807, 2.05) is 5.38 Å². The number of nitrogens with zero attached hydrogens (tertiary/aromatic N) is 1. The van der Waals surface area contributed by atoms with Gasteiger partial charge in [0, 0.05) is 11.6 Å². The summed E-state index contributed by atoms with van der Waals surface area (Å²) in [4.78, 5) is 15.1. The van der Waals surface area contributed by atoms with Crippen LogP contribution in [0.2, 0.25) is 0 Å². The molecule has 0 amide bonds. The van der Waals surface area contributed by atoms with Gasteiger partial charge in [-0.25, -0.2) is 9.78 Å². The molecule has 13 heavy (non-hydrogen) atoms. The number of carbonyl (C=O) groups is 1. The van der Waals surface area contributed by atoms with Crippen LogP contribution in [0, 0.1) is 0 Å². The lowest BCUT2D eigenvalue weighted by Gasteiger charge is -1.98. The Labute approximate surface area is 88.6 Å². The predicted octanol–water partition coefficient (Wildman–Crippen LogP) is 2.44. The second-order valence-corrected chi connectivity index (χ2v) is 3.86. The van der Waals surface area contributed by atoms with E-state index in [0.717, 1.165) is 5.01 Å². The standard InChI is InChI=1S/C8H8BrNO2S/c1-2-12-8(11)6(9)5-7-10-3-4-13-7/h3-5H,2H2,1H3. The zero-order chi connectivity index (χ0) is 9.68. The molecule has 0 bridgehead atoms. The van der Waals surface area contributed by atoms with Crippen LogP contribution in [-0.4, -0.2) is 17.6 Å². The van der Waals surface area contributed by atoms with Gasteiger partial charge < -0.3 is 4.74 Å². The quantitative estimate of drug-likeness (QED) is 0.620. The predicted molar refractivity (Wildman–Crippen MR) is 55.7 cm³/mol. The first-order valence-electron chi connectivity index (χ1n) is 3.68. The first kappa shape index (κ1) is 10.4. The van der Waals surface area contributed by atoms with E-state index in [9.17, 15) is 4.79 Å². The molecule has 0 unspecified atom stereocenters. The molecule has 0 aliphatic heterocycles. The van der Waals surface area contributed by atoms with Crippen LogP contribution in [0.25, 0.3) is 6.08 Å². The van der Waals surface area contributed by atoms with Gasteiger partial charge in [0.05, 0.1) is 6.61 Å². The minimum atomic E-state index is -0.363. The third kappa shape index (κ3) is 3.28. The van der Waals surface area contributed by atoms with E-state index >= 15 is 0 Å². The van der Waals surface area contributed by atoms with Crippen LogP contribution in [0.5, 0.6) is 0 Å². The Balaban J connectivity index is 2.66. The van der Waals surface area contributed by atoms with Crippen molar-refractivity contribution in [3.8, 4) is 0 Å². The molecule has 0 N–H and O–H groups in total. The van der Waals surface area contributed by atoms with Crippen LogP contribution in [0.15, 0.2) is 16.1 Å². The van der Waals surface area contributed by atoms with Gasteiger partial charge in [0.2, 0.25) is 0 Å². The van der Waals surface area contributed by atoms with E-state index in [1.165, 1.54) is 11.3 Å². The highest BCUT2D eigenvalue weighted by Gasteiger charge is 2.06. The summed E-state index contributed by atoms with van der Waals surface area (Å²) < 4.78 is 5.17. The molecule has 0 saturated heterocycles. The smallest absolute Gasteiger partial charge is 0.345 e. The third-order valence-electron chi connectivity index (χ3n) is 1.17. The van der Waals surface area contributed by atoms with Crippen LogP contribution in [0.1, 0.15) is 11.9 Å². The maximum atomic E-state index is 11.1. The highest BCUT2D eigenvalue weighted by atomic mass is 79.9. The molecular weight excluding hydrogens is 254 g/mol. The number of halogens is 1. The Hall–Kier alpha value is -0.680. The van der Waals surface area contributed by atoms with E-state index in [1.54, 1.807) is 19.2 Å². The summed E-state index contributed by atoms with van der Waals surface area (Å²) in [7, 11) is 0. The molecular formula is C8H8BrNO2S. The third-order valence-corrected chi connectivity index (χ3v) is 2.45. The number of aromatic nitrogens is 1. The lowest BCUT2D eigenvalue weighted by molar-refractivity contribution is -0.137. The van der Waals surface area contributed by atoms with Gasteiger partial charge >= 0.3 is 5.97 Å². The van der Waals surface area contributed by atoms with Crippen molar-refractivity contribution in [1.29, 1.82) is 0 Å². The summed E-state index contributed by atoms with van der Waals surface area (Å²) in [6.07, 6.45) is 3.32. The number of ether oxygens (including phenoxy) is 1. The number of hydrogen-bond acceptors (Lipinski definition) is 4. The van der Waals surface area contributed by atoms with Gasteiger partial charge in [-0.05, 0) is 28.9 Å². The highest BCUT2D eigenvalue weighted by molar-refractivity contribution is 9.12. The normalized spacial score (nSPS) is 11.4. The molecule has 1 aromatic rings. The molecule has 0 aromatic carbocycles. The molecule has 0 atom stereocenters. The monoisotopic (exact) mass is 261 g/mol. The maximum absolute atomic E-state index is 11.1. The van der Waals surface area contributed by atoms with Crippen LogP contribution in [0.3, 0.4) is 0 Å². The molecule has 0 radical (unpaired) electrons. The van der Waals surface area contributed by atoms with Gasteiger partial charge in [0.1, 0.15) is 9.49 Å². The topological polar surface area (TPSA) is 39.2 Å². The first-order chi connectivity index (χ1) is 6.24. The Bertz CT molecular complexity index is 308. The molecule has 0 saturated carbocycles. The van der Waals surface area contributed by atoms with Crippen molar-refractivity contribution >= 4 is 39.3 Å². The van der Waals surface area contributed by atoms with E-state index < -0.39 is 0 Å². The van der Waals surface area contributed by atoms with E-state index in [2.05, 4.69) is 20.9 Å². The number of carbonyl (C=O) groups excluding carboxylic acids is 1. The molecule has 5 heteroatoms. The Morgan fingerprint density at radius 3 is 3.15 bits per heavy atom. The molecule has 0 aliphatic carbocycles. The van der Waals surface area contributed by atoms with Crippen LogP contribution in [0.4, 0.5) is 0 Å². The van der Waals surface area contributed by atoms with Crippen molar-refractivity contribution in [2.45, 2.75) is 6.92 Å². The SMILES string of the molecule is CCOC(=O)C(Br)=Cc1nccs1. The van der Waals surface area contributed by atoms with Crippen LogP contribution < -0.4 is 0 Å². The fourth-order valence-corrected chi connectivity index (χ4v) is 1.72. The first-order valence-corrected chi connectivity index (χ1v) is 5.35. The molecule has 0 aliphatic rings. The van der Waals surface area contributed by atoms with E-state index in [4.69, 9.17) is 4.74 Å². The summed E-state index contributed by atoms with van der Waals surface area (Å²) >= 11 is 4.58. The lowest BCUT2D eigenvalue weighted by atomic mass is 10.5. The Morgan fingerprint density at radius 1 is 1.85 bits per heavy atom. The van der Waals surface area contributed by atoms with E-state index in [0.29, 0.717) is 11.1 Å². The lowest BCUT2D eigenvalue weighted by Crippen LogP contribution is -2.02. The maximum Gasteiger partial charge on any atom is 0.345 e. The summed E-state index contributed by atoms with van der Waals surface area (Å²) in [6.45, 7) is 2.14. The zero-order valence-electron chi connectivity index (χ0n) is 6.99. The fourth-order valence-electron chi connectivity index (χ4n) is 0.673. The average Bonchev–Trinajstić information content (AvgIpc) is 2.57. The second kappa shape index (κ2) is 5.14. The number of esters is 1. The van der Waals surface area contributed by atoms with Crippen molar-refractivity contribution in [3.63, 3.8) is 0 Å². The van der Waals surface area contributed by atoms with Gasteiger partial charge in [-0.3, -0.25) is 0 Å². The molecule has 1 aromatic heterocycles. The minimum Gasteiger partial charge on any atom is -0.462 e. The molecule has 1 rings (SSSR count). The number of rotatable bonds is 3. The largest absolute Gasteiger partial charge is 0.462 e. The van der Waals surface area contributed by atoms with Gasteiger partial charge in [-0.1, -0.05) is 0 Å². The molecule has 3 nitrogen and oxygen atoms in total. The highest BCUT2D eigenvalue weighted by Crippen LogP contribution is 2.15. The number of thiazole rings is 1. The van der Waals surface area contributed by atoms with Gasteiger partial charge in [-0.2, -0.15) is 0 Å². The van der Waals surface area contributed by atoms with Gasteiger partial charge in [-0.15, -0.1) is 11.3 Å². The summed E-state index contributed by atoms with van der Waals surface area (Å²) in [5, 5.41) is 2.62. The van der Waals surface area contributed by atoms with E-state index in [-0.39, 0.29) is 5.97 Å². The van der Waals surface area contributed by atoms with Crippen molar-refractivity contribution in [1.82, 2.24) is 4.98 Å². The minimum absolute atomic E-state index is 0.363. The molecule has 0 spiro atoms. The summed E-state index contributed by atoms with van der Waals surface area (Å²) in [5.41, 5.74) is 0.